The lowest BCUT2D eigenvalue weighted by Gasteiger charge is -2.25. The number of anilines is 1. The fraction of sp³-hybridized carbons (Fsp3) is 0.333. The summed E-state index contributed by atoms with van der Waals surface area (Å²) < 4.78 is 11.2. The molecule has 0 saturated carbocycles. The van der Waals surface area contributed by atoms with Gasteiger partial charge in [0.25, 0.3) is 0 Å². The van der Waals surface area contributed by atoms with Crippen LogP contribution >= 0.6 is 0 Å². The van der Waals surface area contributed by atoms with E-state index < -0.39 is 0 Å². The molecule has 0 aromatic heterocycles. The van der Waals surface area contributed by atoms with Crippen molar-refractivity contribution in [3.05, 3.63) is 53.6 Å². The minimum Gasteiger partial charge on any atom is -0.486 e. The summed E-state index contributed by atoms with van der Waals surface area (Å²) >= 11 is 0. The number of hydrogen-bond donors (Lipinski definition) is 1. The third kappa shape index (κ3) is 4.65. The number of nitrogens with one attached hydrogen (secondary N) is 1. The zero-order valence-electron chi connectivity index (χ0n) is 15.8. The van der Waals surface area contributed by atoms with Gasteiger partial charge < -0.3 is 14.8 Å². The number of nitrogens with zero attached hydrogens (tertiary/aromatic N) is 1. The Morgan fingerprint density at radius 1 is 1.07 bits per heavy atom. The van der Waals surface area contributed by atoms with E-state index in [0.29, 0.717) is 31.0 Å². The number of amides is 1. The highest BCUT2D eigenvalue weighted by molar-refractivity contribution is 6.00. The molecule has 0 radical (unpaired) electrons. The molecule has 3 rings (SSSR count). The van der Waals surface area contributed by atoms with Crippen LogP contribution in [0, 0.1) is 0 Å². The summed E-state index contributed by atoms with van der Waals surface area (Å²) in [4.78, 5) is 25.9. The number of Topliss-reactive ketones (excluding diaryl/α,β-unsaturated/α-hetero) is 1. The van der Waals surface area contributed by atoms with Crippen LogP contribution in [0.15, 0.2) is 42.5 Å². The Hall–Kier alpha value is -2.86. The predicted molar refractivity (Wildman–Crippen MR) is 103 cm³/mol. The number of carbonyl (C=O) groups is 2. The minimum absolute atomic E-state index is 0.0319. The Kier molecular flexibility index (Phi) is 5.76. The molecule has 1 aliphatic heterocycles. The number of ether oxygens (including phenoxy) is 2. The van der Waals surface area contributed by atoms with Gasteiger partial charge in [0.05, 0.1) is 6.04 Å². The van der Waals surface area contributed by atoms with Crippen molar-refractivity contribution in [2.75, 3.05) is 25.6 Å². The topological polar surface area (TPSA) is 67.9 Å². The maximum absolute atomic E-state index is 12.8. The molecule has 1 atom stereocenters. The maximum atomic E-state index is 12.8. The summed E-state index contributed by atoms with van der Waals surface area (Å²) in [7, 11) is 1.92. The summed E-state index contributed by atoms with van der Waals surface area (Å²) in [5, 5.41) is 2.70. The number of benzene rings is 2. The van der Waals surface area contributed by atoms with E-state index in [1.165, 1.54) is 6.92 Å². The fourth-order valence-electron chi connectivity index (χ4n) is 2.97. The van der Waals surface area contributed by atoms with Crippen LogP contribution in [0.4, 0.5) is 5.69 Å². The van der Waals surface area contributed by atoms with Gasteiger partial charge in [0.1, 0.15) is 13.2 Å². The van der Waals surface area contributed by atoms with Crippen LogP contribution in [0.3, 0.4) is 0 Å². The van der Waals surface area contributed by atoms with Gasteiger partial charge in [-0.25, -0.2) is 0 Å². The summed E-state index contributed by atoms with van der Waals surface area (Å²) in [6, 6.07) is 12.5. The minimum atomic E-state index is -0.287. The van der Waals surface area contributed by atoms with Crippen LogP contribution in [0.1, 0.15) is 29.8 Å². The SMILES string of the molecule is CC(=O)Nc1ccc(C(=O)C(C)N(C)Cc2ccc3c(c2)OCCO3)cc1. The standard InChI is InChI=1S/C21H24N2O4/c1-14(21(25)17-5-7-18(8-6-17)22-15(2)24)23(3)13-16-4-9-19-20(12-16)27-11-10-26-19/h4-9,12,14H,10-11,13H2,1-3H3,(H,22,24). The number of likely N-dealkylation sites (N-methyl/N-ethyl adjacent to an activating group) is 1. The Morgan fingerprint density at radius 2 is 1.74 bits per heavy atom. The maximum Gasteiger partial charge on any atom is 0.221 e. The monoisotopic (exact) mass is 368 g/mol. The number of ketones is 1. The Labute approximate surface area is 159 Å². The second-order valence-electron chi connectivity index (χ2n) is 6.69. The quantitative estimate of drug-likeness (QED) is 0.794. The second-order valence-corrected chi connectivity index (χ2v) is 6.69. The molecule has 142 valence electrons. The summed E-state index contributed by atoms with van der Waals surface area (Å²) in [6.07, 6.45) is 0. The molecule has 27 heavy (non-hydrogen) atoms. The first-order valence-electron chi connectivity index (χ1n) is 8.94. The van der Waals surface area contributed by atoms with E-state index in [-0.39, 0.29) is 17.7 Å². The highest BCUT2D eigenvalue weighted by Crippen LogP contribution is 2.31. The van der Waals surface area contributed by atoms with Crippen LogP contribution in [0.5, 0.6) is 11.5 Å². The Morgan fingerprint density at radius 3 is 2.41 bits per heavy atom. The first-order chi connectivity index (χ1) is 12.9. The van der Waals surface area contributed by atoms with Gasteiger partial charge in [0.2, 0.25) is 5.91 Å². The van der Waals surface area contributed by atoms with E-state index >= 15 is 0 Å². The third-order valence-electron chi connectivity index (χ3n) is 4.57. The van der Waals surface area contributed by atoms with Crippen LogP contribution in [-0.2, 0) is 11.3 Å². The first-order valence-corrected chi connectivity index (χ1v) is 8.94. The van der Waals surface area contributed by atoms with Crippen LogP contribution < -0.4 is 14.8 Å². The average Bonchev–Trinajstić information content (AvgIpc) is 2.67. The highest BCUT2D eigenvalue weighted by Gasteiger charge is 2.21. The van der Waals surface area contributed by atoms with Crippen molar-refractivity contribution in [2.24, 2.45) is 0 Å². The molecule has 1 aliphatic rings. The first kappa shape index (κ1) is 18.9. The van der Waals surface area contributed by atoms with E-state index in [0.717, 1.165) is 17.1 Å². The molecule has 0 fully saturated rings. The van der Waals surface area contributed by atoms with Gasteiger partial charge in [-0.15, -0.1) is 0 Å². The molecule has 0 bridgehead atoms. The molecule has 1 unspecified atom stereocenters. The van der Waals surface area contributed by atoms with E-state index in [2.05, 4.69) is 5.32 Å². The van der Waals surface area contributed by atoms with Crippen LogP contribution in [-0.4, -0.2) is 42.9 Å². The van der Waals surface area contributed by atoms with Crippen molar-refractivity contribution in [3.8, 4) is 11.5 Å². The molecule has 6 heteroatoms. The number of carbonyl (C=O) groups excluding carboxylic acids is 2. The summed E-state index contributed by atoms with van der Waals surface area (Å²) in [6.45, 7) is 5.08. The normalized spacial score (nSPS) is 13.9. The number of fused-ring (bicyclic) bond motifs is 1. The fourth-order valence-corrected chi connectivity index (χ4v) is 2.97. The molecule has 0 aliphatic carbocycles. The molecule has 2 aromatic carbocycles. The van der Waals surface area contributed by atoms with E-state index in [4.69, 9.17) is 9.47 Å². The molecular weight excluding hydrogens is 344 g/mol. The van der Waals surface area contributed by atoms with Crippen molar-refractivity contribution in [1.29, 1.82) is 0 Å². The van der Waals surface area contributed by atoms with Gasteiger partial charge in [-0.3, -0.25) is 14.5 Å². The second kappa shape index (κ2) is 8.22. The van der Waals surface area contributed by atoms with Crippen molar-refractivity contribution >= 4 is 17.4 Å². The molecule has 2 aromatic rings. The number of hydrogen-bond acceptors (Lipinski definition) is 5. The lowest BCUT2D eigenvalue weighted by Crippen LogP contribution is -2.35. The molecular formula is C21H24N2O4. The van der Waals surface area contributed by atoms with Gasteiger partial charge in [0, 0.05) is 24.7 Å². The predicted octanol–water partition coefficient (Wildman–Crippen LogP) is 3.12. The van der Waals surface area contributed by atoms with Gasteiger partial charge in [-0.05, 0) is 55.9 Å². The van der Waals surface area contributed by atoms with Crippen molar-refractivity contribution in [2.45, 2.75) is 26.4 Å². The molecule has 1 N–H and O–H groups in total. The molecule has 0 saturated heterocycles. The average molecular weight is 368 g/mol. The molecule has 6 nitrogen and oxygen atoms in total. The largest absolute Gasteiger partial charge is 0.486 e. The zero-order valence-corrected chi connectivity index (χ0v) is 15.8. The summed E-state index contributed by atoms with van der Waals surface area (Å²) in [5.41, 5.74) is 2.35. The van der Waals surface area contributed by atoms with Crippen molar-refractivity contribution in [1.82, 2.24) is 4.90 Å². The Balaban J connectivity index is 1.64. The van der Waals surface area contributed by atoms with Crippen molar-refractivity contribution in [3.63, 3.8) is 0 Å². The molecule has 0 spiro atoms. The van der Waals surface area contributed by atoms with Crippen LogP contribution in [0.25, 0.3) is 0 Å². The van der Waals surface area contributed by atoms with Gasteiger partial charge in [0.15, 0.2) is 17.3 Å². The van der Waals surface area contributed by atoms with E-state index in [1.807, 2.05) is 37.1 Å². The highest BCUT2D eigenvalue weighted by atomic mass is 16.6. The third-order valence-corrected chi connectivity index (χ3v) is 4.57. The van der Waals surface area contributed by atoms with Gasteiger partial charge in [-0.1, -0.05) is 6.07 Å². The lowest BCUT2D eigenvalue weighted by molar-refractivity contribution is -0.114. The Bertz CT molecular complexity index is 833. The van der Waals surface area contributed by atoms with Crippen molar-refractivity contribution < 1.29 is 19.1 Å². The summed E-state index contributed by atoms with van der Waals surface area (Å²) in [5.74, 6) is 1.40. The number of rotatable bonds is 6. The van der Waals surface area contributed by atoms with Gasteiger partial charge in [-0.2, -0.15) is 0 Å². The van der Waals surface area contributed by atoms with E-state index in [9.17, 15) is 9.59 Å². The molecule has 1 amide bonds. The molecule has 1 heterocycles. The van der Waals surface area contributed by atoms with Crippen LogP contribution in [0.2, 0.25) is 0 Å². The van der Waals surface area contributed by atoms with E-state index in [1.54, 1.807) is 24.3 Å². The zero-order chi connectivity index (χ0) is 19.4. The lowest BCUT2D eigenvalue weighted by atomic mass is 10.0. The smallest absolute Gasteiger partial charge is 0.221 e. The van der Waals surface area contributed by atoms with Gasteiger partial charge >= 0.3 is 0 Å².